The van der Waals surface area contributed by atoms with Crippen LogP contribution in [0.5, 0.6) is 0 Å². The molecule has 0 unspecified atom stereocenters. The molecule has 6 heteroatoms. The average Bonchev–Trinajstić information content (AvgIpc) is 2.82. The van der Waals surface area contributed by atoms with Crippen molar-refractivity contribution in [3.05, 3.63) is 35.9 Å². The molecule has 0 saturated carbocycles. The van der Waals surface area contributed by atoms with Crippen LogP contribution in [-0.4, -0.2) is 38.8 Å². The number of benzene rings is 2. The van der Waals surface area contributed by atoms with Gasteiger partial charge in [0.1, 0.15) is 0 Å². The Bertz CT molecular complexity index is 944. The van der Waals surface area contributed by atoms with Crippen molar-refractivity contribution < 1.29 is 13.2 Å². The van der Waals surface area contributed by atoms with Gasteiger partial charge in [0.15, 0.2) is 0 Å². The van der Waals surface area contributed by atoms with Crippen molar-refractivity contribution in [2.45, 2.75) is 24.7 Å². The van der Waals surface area contributed by atoms with Gasteiger partial charge in [-0.15, -0.1) is 0 Å². The van der Waals surface area contributed by atoms with E-state index in [1.54, 1.807) is 46.6 Å². The van der Waals surface area contributed by atoms with Crippen molar-refractivity contribution in [1.29, 1.82) is 0 Å². The maximum atomic E-state index is 13.1. The third-order valence-electron chi connectivity index (χ3n) is 5.24. The van der Waals surface area contributed by atoms with Crippen molar-refractivity contribution in [2.75, 3.05) is 25.0 Å². The standard InChI is InChI=1S/C18H20N2O3S/c1-12-8-10-20(11-9-12)24(22,23)16-7-6-15-17-13(16)4-3-5-14(17)18(21)19(15)2/h3-7,12H,8-11H2,1-2H3. The van der Waals surface area contributed by atoms with E-state index < -0.39 is 10.0 Å². The summed E-state index contributed by atoms with van der Waals surface area (Å²) in [6.07, 6.45) is 1.78. The van der Waals surface area contributed by atoms with Gasteiger partial charge >= 0.3 is 0 Å². The molecule has 2 aromatic rings. The molecule has 2 heterocycles. The van der Waals surface area contributed by atoms with E-state index in [-0.39, 0.29) is 5.91 Å². The largest absolute Gasteiger partial charge is 0.311 e. The van der Waals surface area contributed by atoms with Crippen LogP contribution in [0, 0.1) is 5.92 Å². The van der Waals surface area contributed by atoms with E-state index in [4.69, 9.17) is 0 Å². The molecule has 4 rings (SSSR count). The summed E-state index contributed by atoms with van der Waals surface area (Å²) in [5.74, 6) is 0.479. The number of nitrogens with zero attached hydrogens (tertiary/aromatic N) is 2. The first-order valence-electron chi connectivity index (χ1n) is 8.25. The maximum absolute atomic E-state index is 13.1. The number of hydrogen-bond donors (Lipinski definition) is 0. The Labute approximate surface area is 141 Å². The first kappa shape index (κ1) is 15.6. The second-order valence-corrected chi connectivity index (χ2v) is 8.67. The summed E-state index contributed by atoms with van der Waals surface area (Å²) in [6, 6.07) is 8.71. The average molecular weight is 344 g/mol. The molecule has 126 valence electrons. The molecule has 0 atom stereocenters. The summed E-state index contributed by atoms with van der Waals surface area (Å²) in [4.78, 5) is 14.2. The first-order chi connectivity index (χ1) is 11.4. The number of amides is 1. The van der Waals surface area contributed by atoms with Gasteiger partial charge in [-0.1, -0.05) is 19.1 Å². The third-order valence-corrected chi connectivity index (χ3v) is 7.19. The number of hydrogen-bond acceptors (Lipinski definition) is 3. The van der Waals surface area contributed by atoms with Gasteiger partial charge in [0.05, 0.1) is 10.6 Å². The zero-order chi connectivity index (χ0) is 17.1. The molecule has 2 aliphatic rings. The smallest absolute Gasteiger partial charge is 0.258 e. The molecular formula is C18H20N2O3S. The van der Waals surface area contributed by atoms with Crippen LogP contribution in [0.3, 0.4) is 0 Å². The Morgan fingerprint density at radius 3 is 2.50 bits per heavy atom. The predicted octanol–water partition coefficient (Wildman–Crippen LogP) is 2.85. The molecule has 1 saturated heterocycles. The molecule has 0 aliphatic carbocycles. The molecule has 1 fully saturated rings. The number of piperidine rings is 1. The predicted molar refractivity (Wildman–Crippen MR) is 93.8 cm³/mol. The van der Waals surface area contributed by atoms with Crippen LogP contribution in [-0.2, 0) is 10.0 Å². The van der Waals surface area contributed by atoms with Crippen LogP contribution in [0.2, 0.25) is 0 Å². The van der Waals surface area contributed by atoms with E-state index >= 15 is 0 Å². The normalized spacial score (nSPS) is 19.4. The fourth-order valence-electron chi connectivity index (χ4n) is 3.70. The molecule has 0 N–H and O–H groups in total. The lowest BCUT2D eigenvalue weighted by Crippen LogP contribution is -2.37. The molecule has 2 aromatic carbocycles. The Balaban J connectivity index is 1.89. The van der Waals surface area contributed by atoms with Gasteiger partial charge in [0.25, 0.3) is 5.91 Å². The minimum Gasteiger partial charge on any atom is -0.311 e. The van der Waals surface area contributed by atoms with Crippen LogP contribution in [0.1, 0.15) is 30.1 Å². The zero-order valence-corrected chi connectivity index (χ0v) is 14.6. The first-order valence-corrected chi connectivity index (χ1v) is 9.69. The Morgan fingerprint density at radius 2 is 1.79 bits per heavy atom. The molecular weight excluding hydrogens is 324 g/mol. The maximum Gasteiger partial charge on any atom is 0.258 e. The number of rotatable bonds is 2. The van der Waals surface area contributed by atoms with E-state index in [0.29, 0.717) is 34.9 Å². The minimum atomic E-state index is -3.55. The summed E-state index contributed by atoms with van der Waals surface area (Å²) in [6.45, 7) is 3.28. The summed E-state index contributed by atoms with van der Waals surface area (Å²) in [5, 5.41) is 1.39. The molecule has 5 nitrogen and oxygen atoms in total. The fraction of sp³-hybridized carbons (Fsp3) is 0.389. The second-order valence-electron chi connectivity index (χ2n) is 6.76. The van der Waals surface area contributed by atoms with Gasteiger partial charge in [-0.05, 0) is 37.0 Å². The number of carbonyl (C=O) groups excluding carboxylic acids is 1. The van der Waals surface area contributed by atoms with Crippen LogP contribution in [0.4, 0.5) is 5.69 Å². The van der Waals surface area contributed by atoms with E-state index in [1.165, 1.54) is 0 Å². The van der Waals surface area contributed by atoms with Crippen LogP contribution < -0.4 is 4.90 Å². The molecule has 0 spiro atoms. The quantitative estimate of drug-likeness (QED) is 0.842. The van der Waals surface area contributed by atoms with Crippen molar-refractivity contribution in [1.82, 2.24) is 4.31 Å². The van der Waals surface area contributed by atoms with Gasteiger partial charge in [0.2, 0.25) is 10.0 Å². The number of sulfonamides is 1. The van der Waals surface area contributed by atoms with Gasteiger partial charge in [-0.25, -0.2) is 8.42 Å². The number of anilines is 1. The SMILES string of the molecule is CC1CCN(S(=O)(=O)c2ccc3c4c(cccc24)C(=O)N3C)CC1. The van der Waals surface area contributed by atoms with Crippen LogP contribution >= 0.6 is 0 Å². The lowest BCUT2D eigenvalue weighted by atomic mass is 10.0. The lowest BCUT2D eigenvalue weighted by molar-refractivity contribution is 0.0999. The van der Waals surface area contributed by atoms with Gasteiger partial charge in [0, 0.05) is 36.5 Å². The highest BCUT2D eigenvalue weighted by Gasteiger charge is 2.33. The zero-order valence-electron chi connectivity index (χ0n) is 13.8. The summed E-state index contributed by atoms with van der Waals surface area (Å²) in [5.41, 5.74) is 1.35. The molecule has 0 aromatic heterocycles. The molecule has 0 radical (unpaired) electrons. The van der Waals surface area contributed by atoms with Crippen molar-refractivity contribution in [3.8, 4) is 0 Å². The molecule has 0 bridgehead atoms. The van der Waals surface area contributed by atoms with E-state index in [0.717, 1.165) is 23.9 Å². The third kappa shape index (κ3) is 2.09. The monoisotopic (exact) mass is 344 g/mol. The Morgan fingerprint density at radius 1 is 1.08 bits per heavy atom. The molecule has 24 heavy (non-hydrogen) atoms. The highest BCUT2D eigenvalue weighted by molar-refractivity contribution is 7.89. The summed E-state index contributed by atoms with van der Waals surface area (Å²) >= 11 is 0. The molecule has 1 amide bonds. The molecule has 2 aliphatic heterocycles. The fourth-order valence-corrected chi connectivity index (χ4v) is 5.36. The summed E-state index contributed by atoms with van der Waals surface area (Å²) in [7, 11) is -1.83. The van der Waals surface area contributed by atoms with Gasteiger partial charge < -0.3 is 4.90 Å². The Hall–Kier alpha value is -1.92. The highest BCUT2D eigenvalue weighted by Crippen LogP contribution is 2.40. The van der Waals surface area contributed by atoms with Crippen LogP contribution in [0.15, 0.2) is 35.2 Å². The second kappa shape index (κ2) is 5.29. The van der Waals surface area contributed by atoms with Crippen molar-refractivity contribution in [2.24, 2.45) is 5.92 Å². The van der Waals surface area contributed by atoms with E-state index in [1.807, 2.05) is 0 Å². The minimum absolute atomic E-state index is 0.0862. The van der Waals surface area contributed by atoms with Gasteiger partial charge in [-0.3, -0.25) is 4.79 Å². The topological polar surface area (TPSA) is 57.7 Å². The van der Waals surface area contributed by atoms with Crippen LogP contribution in [0.25, 0.3) is 10.8 Å². The van der Waals surface area contributed by atoms with E-state index in [2.05, 4.69) is 6.92 Å². The summed E-state index contributed by atoms with van der Waals surface area (Å²) < 4.78 is 27.9. The van der Waals surface area contributed by atoms with Crippen molar-refractivity contribution >= 4 is 32.4 Å². The van der Waals surface area contributed by atoms with Gasteiger partial charge in [-0.2, -0.15) is 4.31 Å². The number of carbonyl (C=O) groups is 1. The van der Waals surface area contributed by atoms with Crippen molar-refractivity contribution in [3.63, 3.8) is 0 Å². The Kier molecular flexibility index (Phi) is 3.44. The lowest BCUT2D eigenvalue weighted by Gasteiger charge is -2.29. The highest BCUT2D eigenvalue weighted by atomic mass is 32.2. The van der Waals surface area contributed by atoms with E-state index in [9.17, 15) is 13.2 Å².